The van der Waals surface area contributed by atoms with E-state index in [1.54, 1.807) is 25.4 Å². The molecule has 1 heterocycles. The van der Waals surface area contributed by atoms with Gasteiger partial charge in [-0.3, -0.25) is 4.79 Å². The van der Waals surface area contributed by atoms with Crippen LogP contribution in [0, 0.1) is 0 Å². The zero-order valence-electron chi connectivity index (χ0n) is 12.7. The van der Waals surface area contributed by atoms with Crippen molar-refractivity contribution in [1.29, 1.82) is 0 Å². The van der Waals surface area contributed by atoms with Crippen molar-refractivity contribution in [1.82, 2.24) is 10.3 Å². The van der Waals surface area contributed by atoms with Crippen molar-refractivity contribution in [3.8, 4) is 5.88 Å². The Morgan fingerprint density at radius 3 is 2.55 bits per heavy atom. The highest BCUT2D eigenvalue weighted by molar-refractivity contribution is 5.94. The lowest BCUT2D eigenvalue weighted by molar-refractivity contribution is 0.0927. The third-order valence-electron chi connectivity index (χ3n) is 4.49. The number of benzene rings is 1. The summed E-state index contributed by atoms with van der Waals surface area (Å²) >= 11 is 0. The normalized spacial score (nSPS) is 15.7. The molecule has 0 aliphatic heterocycles. The standard InChI is InChI=1S/C18H20N2O2/c1-22-16-9-8-14(12-19-16)17(21)20-13-18(10-5-11-18)15-6-3-2-4-7-15/h2-4,6-9,12H,5,10-11,13H2,1H3,(H,20,21). The summed E-state index contributed by atoms with van der Waals surface area (Å²) < 4.78 is 5.00. The number of pyridine rings is 1. The van der Waals surface area contributed by atoms with Gasteiger partial charge in [-0.25, -0.2) is 4.98 Å². The summed E-state index contributed by atoms with van der Waals surface area (Å²) in [6, 6.07) is 13.9. The maximum atomic E-state index is 12.3. The molecular formula is C18H20N2O2. The number of methoxy groups -OCH3 is 1. The van der Waals surface area contributed by atoms with E-state index in [-0.39, 0.29) is 11.3 Å². The van der Waals surface area contributed by atoms with E-state index >= 15 is 0 Å². The summed E-state index contributed by atoms with van der Waals surface area (Å²) in [6.07, 6.45) is 5.01. The summed E-state index contributed by atoms with van der Waals surface area (Å²) in [7, 11) is 1.56. The zero-order chi connectivity index (χ0) is 15.4. The first kappa shape index (κ1) is 14.6. The maximum Gasteiger partial charge on any atom is 0.252 e. The Labute approximate surface area is 130 Å². The molecule has 1 saturated carbocycles. The van der Waals surface area contributed by atoms with Crippen LogP contribution in [0.4, 0.5) is 0 Å². The van der Waals surface area contributed by atoms with Crippen molar-refractivity contribution in [2.45, 2.75) is 24.7 Å². The number of hydrogen-bond donors (Lipinski definition) is 1. The Morgan fingerprint density at radius 1 is 1.23 bits per heavy atom. The first-order valence-corrected chi connectivity index (χ1v) is 7.57. The van der Waals surface area contributed by atoms with Crippen LogP contribution in [0.1, 0.15) is 35.2 Å². The molecular weight excluding hydrogens is 276 g/mol. The lowest BCUT2D eigenvalue weighted by Crippen LogP contribution is -2.45. The van der Waals surface area contributed by atoms with Gasteiger partial charge in [0.05, 0.1) is 12.7 Å². The number of amides is 1. The predicted molar refractivity (Wildman–Crippen MR) is 85.1 cm³/mol. The number of nitrogens with one attached hydrogen (secondary N) is 1. The summed E-state index contributed by atoms with van der Waals surface area (Å²) in [4.78, 5) is 16.3. The molecule has 0 unspecified atom stereocenters. The SMILES string of the molecule is COc1ccc(C(=O)NCC2(c3ccccc3)CCC2)cn1. The molecule has 2 aromatic rings. The second-order valence-corrected chi connectivity index (χ2v) is 5.77. The van der Waals surface area contributed by atoms with Gasteiger partial charge in [-0.1, -0.05) is 36.8 Å². The van der Waals surface area contributed by atoms with E-state index in [4.69, 9.17) is 4.74 Å². The molecule has 0 radical (unpaired) electrons. The van der Waals surface area contributed by atoms with Gasteiger partial charge in [-0.15, -0.1) is 0 Å². The fourth-order valence-corrected chi connectivity index (χ4v) is 2.95. The summed E-state index contributed by atoms with van der Waals surface area (Å²) in [6.45, 7) is 0.669. The predicted octanol–water partition coefficient (Wildman–Crippen LogP) is 2.94. The van der Waals surface area contributed by atoms with Gasteiger partial charge in [0.1, 0.15) is 0 Å². The summed E-state index contributed by atoms with van der Waals surface area (Å²) in [5.41, 5.74) is 1.97. The quantitative estimate of drug-likeness (QED) is 0.923. The third-order valence-corrected chi connectivity index (χ3v) is 4.49. The minimum atomic E-state index is -0.0858. The molecule has 1 N–H and O–H groups in total. The molecule has 22 heavy (non-hydrogen) atoms. The van der Waals surface area contributed by atoms with Crippen LogP contribution in [-0.2, 0) is 5.41 Å². The van der Waals surface area contributed by atoms with Crippen LogP contribution in [-0.4, -0.2) is 24.5 Å². The van der Waals surface area contributed by atoms with Gasteiger partial charge in [0, 0.05) is 24.2 Å². The second-order valence-electron chi connectivity index (χ2n) is 5.77. The topological polar surface area (TPSA) is 51.2 Å². The molecule has 4 nitrogen and oxygen atoms in total. The van der Waals surface area contributed by atoms with E-state index in [0.29, 0.717) is 18.0 Å². The van der Waals surface area contributed by atoms with E-state index in [1.165, 1.54) is 12.0 Å². The lowest BCUT2D eigenvalue weighted by Gasteiger charge is -2.42. The van der Waals surface area contributed by atoms with E-state index in [0.717, 1.165) is 12.8 Å². The molecule has 1 fully saturated rings. The first-order valence-electron chi connectivity index (χ1n) is 7.57. The molecule has 1 aromatic carbocycles. The highest BCUT2D eigenvalue weighted by Gasteiger charge is 2.38. The molecule has 114 valence electrons. The number of rotatable bonds is 5. The summed E-state index contributed by atoms with van der Waals surface area (Å²) in [5, 5.41) is 3.06. The molecule has 1 aliphatic rings. The van der Waals surface area contributed by atoms with E-state index < -0.39 is 0 Å². The van der Waals surface area contributed by atoms with Crippen molar-refractivity contribution < 1.29 is 9.53 Å². The number of carbonyl (C=O) groups is 1. The Hall–Kier alpha value is -2.36. The Morgan fingerprint density at radius 2 is 2.00 bits per heavy atom. The third kappa shape index (κ3) is 2.82. The number of hydrogen-bond acceptors (Lipinski definition) is 3. The zero-order valence-corrected chi connectivity index (χ0v) is 12.7. The van der Waals surface area contributed by atoms with Crippen molar-refractivity contribution in [3.63, 3.8) is 0 Å². The van der Waals surface area contributed by atoms with Crippen LogP contribution in [0.2, 0.25) is 0 Å². The minimum absolute atomic E-state index is 0.0858. The number of ether oxygens (including phenoxy) is 1. The van der Waals surface area contributed by atoms with Gasteiger partial charge >= 0.3 is 0 Å². The van der Waals surface area contributed by atoms with E-state index in [1.807, 2.05) is 6.07 Å². The van der Waals surface area contributed by atoms with Crippen molar-refractivity contribution in [2.75, 3.05) is 13.7 Å². The van der Waals surface area contributed by atoms with Gasteiger partial charge < -0.3 is 10.1 Å². The molecule has 1 aliphatic carbocycles. The van der Waals surface area contributed by atoms with Crippen molar-refractivity contribution in [2.24, 2.45) is 0 Å². The molecule has 0 saturated heterocycles. The number of aromatic nitrogens is 1. The van der Waals surface area contributed by atoms with Crippen LogP contribution < -0.4 is 10.1 Å². The highest BCUT2D eigenvalue weighted by Crippen LogP contribution is 2.43. The maximum absolute atomic E-state index is 12.3. The molecule has 3 rings (SSSR count). The van der Waals surface area contributed by atoms with Crippen LogP contribution in [0.3, 0.4) is 0 Å². The average molecular weight is 296 g/mol. The molecule has 0 spiro atoms. The average Bonchev–Trinajstić information content (AvgIpc) is 2.55. The van der Waals surface area contributed by atoms with Crippen molar-refractivity contribution >= 4 is 5.91 Å². The monoisotopic (exact) mass is 296 g/mol. The Bertz CT molecular complexity index is 634. The van der Waals surface area contributed by atoms with E-state index in [2.05, 4.69) is 34.6 Å². The van der Waals surface area contributed by atoms with Gasteiger partial charge in [0.25, 0.3) is 5.91 Å². The minimum Gasteiger partial charge on any atom is -0.481 e. The first-order chi connectivity index (χ1) is 10.7. The second kappa shape index (κ2) is 6.18. The van der Waals surface area contributed by atoms with Crippen LogP contribution in [0.25, 0.3) is 0 Å². The lowest BCUT2D eigenvalue weighted by atomic mass is 9.64. The van der Waals surface area contributed by atoms with Gasteiger partial charge in [-0.05, 0) is 24.5 Å². The largest absolute Gasteiger partial charge is 0.481 e. The molecule has 1 aromatic heterocycles. The highest BCUT2D eigenvalue weighted by atomic mass is 16.5. The van der Waals surface area contributed by atoms with E-state index in [9.17, 15) is 4.79 Å². The smallest absolute Gasteiger partial charge is 0.252 e. The Balaban J connectivity index is 1.66. The number of carbonyl (C=O) groups excluding carboxylic acids is 1. The fourth-order valence-electron chi connectivity index (χ4n) is 2.95. The van der Waals surface area contributed by atoms with Crippen LogP contribution >= 0.6 is 0 Å². The van der Waals surface area contributed by atoms with Crippen LogP contribution in [0.15, 0.2) is 48.7 Å². The van der Waals surface area contributed by atoms with Gasteiger partial charge in [0.15, 0.2) is 0 Å². The molecule has 0 atom stereocenters. The van der Waals surface area contributed by atoms with Crippen molar-refractivity contribution in [3.05, 3.63) is 59.8 Å². The van der Waals surface area contributed by atoms with Crippen LogP contribution in [0.5, 0.6) is 5.88 Å². The number of nitrogens with zero attached hydrogens (tertiary/aromatic N) is 1. The summed E-state index contributed by atoms with van der Waals surface area (Å²) in [5.74, 6) is 0.425. The van der Waals surface area contributed by atoms with Gasteiger partial charge in [-0.2, -0.15) is 0 Å². The molecule has 1 amide bonds. The molecule has 4 heteroatoms. The fraction of sp³-hybridized carbons (Fsp3) is 0.333. The molecule has 0 bridgehead atoms. The Kier molecular flexibility index (Phi) is 4.09. The van der Waals surface area contributed by atoms with Gasteiger partial charge in [0.2, 0.25) is 5.88 Å².